The van der Waals surface area contributed by atoms with Gasteiger partial charge in [-0.25, -0.2) is 0 Å². The standard InChI is InChI=1S/C20H17F3N2O4S/c1-12(2)18-11-17(19(26)25(18)27)24-30(28,29)16-9-5-14(6-10-16)13-3-7-15(8-4-13)20(21,22)23/h3-10,27H,11H2,1-2H3. The molecular formula is C20H17F3N2O4S. The fourth-order valence-corrected chi connectivity index (χ4v) is 3.90. The summed E-state index contributed by atoms with van der Waals surface area (Å²) in [5.41, 5.74) is 0.826. The number of amides is 1. The second kappa shape index (κ2) is 7.69. The molecule has 0 spiro atoms. The summed E-state index contributed by atoms with van der Waals surface area (Å²) in [7, 11) is -4.22. The second-order valence-corrected chi connectivity index (χ2v) is 8.46. The zero-order chi connectivity index (χ0) is 22.3. The van der Waals surface area contributed by atoms with Crippen LogP contribution in [0.1, 0.15) is 25.8 Å². The van der Waals surface area contributed by atoms with E-state index in [-0.39, 0.29) is 22.7 Å². The molecule has 10 heteroatoms. The highest BCUT2D eigenvalue weighted by Gasteiger charge is 2.34. The molecule has 1 heterocycles. The van der Waals surface area contributed by atoms with Gasteiger partial charge >= 0.3 is 6.18 Å². The summed E-state index contributed by atoms with van der Waals surface area (Å²) in [6, 6.07) is 9.85. The third-order valence-corrected chi connectivity index (χ3v) is 5.86. The zero-order valence-corrected chi connectivity index (χ0v) is 16.8. The zero-order valence-electron chi connectivity index (χ0n) is 15.9. The number of carbonyl (C=O) groups is 1. The molecule has 0 aliphatic carbocycles. The van der Waals surface area contributed by atoms with Crippen LogP contribution in [0.25, 0.3) is 11.1 Å². The Morgan fingerprint density at radius 1 is 1.00 bits per heavy atom. The minimum absolute atomic E-state index is 0.111. The number of benzene rings is 2. The molecule has 1 amide bonds. The van der Waals surface area contributed by atoms with Crippen molar-refractivity contribution in [3.63, 3.8) is 0 Å². The quantitative estimate of drug-likeness (QED) is 0.719. The topological polar surface area (TPSA) is 87.0 Å². The SMILES string of the molecule is CC(C)=C1CC(=NS(=O)(=O)c2ccc(-c3ccc(C(F)(F)F)cc3)cc2)C(=O)N1O. The van der Waals surface area contributed by atoms with Crippen molar-refractivity contribution in [1.82, 2.24) is 5.06 Å². The van der Waals surface area contributed by atoms with Crippen LogP contribution in [0.2, 0.25) is 0 Å². The number of rotatable bonds is 3. The minimum atomic E-state index is -4.44. The maximum absolute atomic E-state index is 12.7. The highest BCUT2D eigenvalue weighted by Crippen LogP contribution is 2.31. The predicted octanol–water partition coefficient (Wildman–Crippen LogP) is 4.42. The first-order valence-corrected chi connectivity index (χ1v) is 10.2. The van der Waals surface area contributed by atoms with Gasteiger partial charge in [0, 0.05) is 6.42 Å². The Balaban J connectivity index is 1.87. The molecule has 0 aromatic heterocycles. The summed E-state index contributed by atoms with van der Waals surface area (Å²) in [6.07, 6.45) is -4.55. The summed E-state index contributed by atoms with van der Waals surface area (Å²) >= 11 is 0. The van der Waals surface area contributed by atoms with Gasteiger partial charge in [-0.3, -0.25) is 10.0 Å². The number of allylic oxidation sites excluding steroid dienone is 2. The average molecular weight is 438 g/mol. The van der Waals surface area contributed by atoms with Gasteiger partial charge in [-0.2, -0.15) is 31.0 Å². The predicted molar refractivity (Wildman–Crippen MR) is 103 cm³/mol. The lowest BCUT2D eigenvalue weighted by molar-refractivity contribution is -0.146. The Hall–Kier alpha value is -2.98. The summed E-state index contributed by atoms with van der Waals surface area (Å²) in [4.78, 5) is 11.8. The van der Waals surface area contributed by atoms with Crippen LogP contribution in [0.4, 0.5) is 13.2 Å². The van der Waals surface area contributed by atoms with Crippen molar-refractivity contribution in [2.45, 2.75) is 31.3 Å². The number of hydroxylamine groups is 2. The highest BCUT2D eigenvalue weighted by molar-refractivity contribution is 7.90. The summed E-state index contributed by atoms with van der Waals surface area (Å²) < 4.78 is 66.6. The monoisotopic (exact) mass is 438 g/mol. The average Bonchev–Trinajstić information content (AvgIpc) is 2.96. The Labute approximate surface area is 171 Å². The van der Waals surface area contributed by atoms with E-state index in [1.807, 2.05) is 0 Å². The molecule has 1 aliphatic heterocycles. The molecule has 3 rings (SSSR count). The number of sulfonamides is 1. The lowest BCUT2D eigenvalue weighted by Crippen LogP contribution is -2.23. The van der Waals surface area contributed by atoms with E-state index in [0.29, 0.717) is 21.8 Å². The van der Waals surface area contributed by atoms with Gasteiger partial charge < -0.3 is 0 Å². The molecule has 1 fully saturated rings. The van der Waals surface area contributed by atoms with Crippen LogP contribution in [0, 0.1) is 0 Å². The van der Waals surface area contributed by atoms with Crippen LogP contribution in [-0.4, -0.2) is 30.3 Å². The van der Waals surface area contributed by atoms with Gasteiger partial charge in [-0.15, -0.1) is 0 Å². The third-order valence-electron chi connectivity index (χ3n) is 4.54. The number of nitrogens with zero attached hydrogens (tertiary/aromatic N) is 2. The third kappa shape index (κ3) is 4.29. The fourth-order valence-electron chi connectivity index (χ4n) is 2.88. The molecule has 0 bridgehead atoms. The molecule has 30 heavy (non-hydrogen) atoms. The largest absolute Gasteiger partial charge is 0.416 e. The lowest BCUT2D eigenvalue weighted by Gasteiger charge is -2.08. The van der Waals surface area contributed by atoms with E-state index in [4.69, 9.17) is 0 Å². The first-order valence-electron chi connectivity index (χ1n) is 8.71. The number of carbonyl (C=O) groups excluding carboxylic acids is 1. The van der Waals surface area contributed by atoms with Crippen molar-refractivity contribution in [2.75, 3.05) is 0 Å². The number of alkyl halides is 3. The Bertz CT molecular complexity index is 1150. The molecule has 158 valence electrons. The minimum Gasteiger partial charge on any atom is -0.281 e. The fraction of sp³-hybridized carbons (Fsp3) is 0.200. The van der Waals surface area contributed by atoms with Crippen molar-refractivity contribution < 1.29 is 31.6 Å². The summed E-state index contributed by atoms with van der Waals surface area (Å²) in [6.45, 7) is 3.34. The normalized spacial score (nSPS) is 16.5. The molecule has 6 nitrogen and oxygen atoms in total. The molecule has 1 aliphatic rings. The summed E-state index contributed by atoms with van der Waals surface area (Å²) in [5, 5.41) is 10.2. The van der Waals surface area contributed by atoms with Gasteiger partial charge in [0.25, 0.3) is 15.9 Å². The van der Waals surface area contributed by atoms with E-state index in [0.717, 1.165) is 12.1 Å². The van der Waals surface area contributed by atoms with Crippen molar-refractivity contribution in [3.05, 3.63) is 65.4 Å². The first kappa shape index (κ1) is 21.7. The maximum Gasteiger partial charge on any atom is 0.416 e. The van der Waals surface area contributed by atoms with Gasteiger partial charge in [0.1, 0.15) is 5.71 Å². The van der Waals surface area contributed by atoms with Crippen molar-refractivity contribution >= 4 is 21.6 Å². The molecular weight excluding hydrogens is 421 g/mol. The number of hydrogen-bond acceptors (Lipinski definition) is 4. The molecule has 1 N–H and O–H groups in total. The molecule has 0 saturated carbocycles. The van der Waals surface area contributed by atoms with Gasteiger partial charge in [0.15, 0.2) is 0 Å². The smallest absolute Gasteiger partial charge is 0.281 e. The highest BCUT2D eigenvalue weighted by atomic mass is 32.2. The van der Waals surface area contributed by atoms with Gasteiger partial charge in [-0.05, 0) is 49.2 Å². The van der Waals surface area contributed by atoms with E-state index < -0.39 is 27.7 Å². The van der Waals surface area contributed by atoms with Crippen LogP contribution in [0.5, 0.6) is 0 Å². The Kier molecular flexibility index (Phi) is 5.57. The number of hydrogen-bond donors (Lipinski definition) is 1. The van der Waals surface area contributed by atoms with Gasteiger partial charge in [0.2, 0.25) is 0 Å². The van der Waals surface area contributed by atoms with Gasteiger partial charge in [0.05, 0.1) is 16.2 Å². The summed E-state index contributed by atoms with van der Waals surface area (Å²) in [5.74, 6) is -0.906. The van der Waals surface area contributed by atoms with Crippen LogP contribution in [-0.2, 0) is 21.0 Å². The van der Waals surface area contributed by atoms with Crippen LogP contribution < -0.4 is 0 Å². The van der Waals surface area contributed by atoms with Crippen LogP contribution >= 0.6 is 0 Å². The first-order chi connectivity index (χ1) is 13.9. The Morgan fingerprint density at radius 2 is 1.50 bits per heavy atom. The van der Waals surface area contributed by atoms with Crippen molar-refractivity contribution in [2.24, 2.45) is 4.40 Å². The van der Waals surface area contributed by atoms with E-state index in [9.17, 15) is 31.6 Å². The lowest BCUT2D eigenvalue weighted by atomic mass is 10.0. The molecule has 1 saturated heterocycles. The van der Waals surface area contributed by atoms with E-state index in [2.05, 4.69) is 4.40 Å². The molecule has 0 unspecified atom stereocenters. The van der Waals surface area contributed by atoms with Crippen molar-refractivity contribution in [3.8, 4) is 11.1 Å². The Morgan fingerprint density at radius 3 is 1.93 bits per heavy atom. The second-order valence-electron chi connectivity index (χ2n) is 6.85. The van der Waals surface area contributed by atoms with Crippen LogP contribution in [0.15, 0.2) is 69.1 Å². The molecule has 2 aromatic carbocycles. The van der Waals surface area contributed by atoms with Crippen molar-refractivity contribution in [1.29, 1.82) is 0 Å². The van der Waals surface area contributed by atoms with Crippen LogP contribution in [0.3, 0.4) is 0 Å². The number of halogens is 3. The molecule has 2 aromatic rings. The maximum atomic E-state index is 12.7. The molecule has 0 atom stereocenters. The van der Waals surface area contributed by atoms with Gasteiger partial charge in [-0.1, -0.05) is 29.8 Å². The van der Waals surface area contributed by atoms with E-state index in [1.54, 1.807) is 13.8 Å². The molecule has 0 radical (unpaired) electrons. The van der Waals surface area contributed by atoms with E-state index in [1.165, 1.54) is 36.4 Å². The van der Waals surface area contributed by atoms with E-state index >= 15 is 0 Å².